The van der Waals surface area contributed by atoms with Crippen LogP contribution in [0, 0.1) is 6.92 Å². The van der Waals surface area contributed by atoms with E-state index in [0.29, 0.717) is 11.6 Å². The summed E-state index contributed by atoms with van der Waals surface area (Å²) < 4.78 is 1.68. The van der Waals surface area contributed by atoms with Crippen molar-refractivity contribution >= 4 is 5.91 Å². The first-order chi connectivity index (χ1) is 12.6. The van der Waals surface area contributed by atoms with Gasteiger partial charge in [-0.3, -0.25) is 14.5 Å². The first-order valence-electron chi connectivity index (χ1n) is 8.93. The lowest BCUT2D eigenvalue weighted by Crippen LogP contribution is -2.31. The van der Waals surface area contributed by atoms with Gasteiger partial charge in [0.15, 0.2) is 0 Å². The molecule has 132 valence electrons. The van der Waals surface area contributed by atoms with Crippen LogP contribution < -0.4 is 5.32 Å². The zero-order chi connectivity index (χ0) is 18.1. The van der Waals surface area contributed by atoms with Crippen LogP contribution in [0.3, 0.4) is 0 Å². The molecule has 1 amide bonds. The topological polar surface area (TPSA) is 59.8 Å². The number of hydrogen-bond donors (Lipinski definition) is 1. The summed E-state index contributed by atoms with van der Waals surface area (Å²) in [5.41, 5.74) is 4.84. The zero-order valence-electron chi connectivity index (χ0n) is 15.0. The lowest BCUT2D eigenvalue weighted by molar-refractivity contribution is 0.0933. The first kappa shape index (κ1) is 16.5. The Hall–Kier alpha value is -2.95. The van der Waals surface area contributed by atoms with Gasteiger partial charge in [0, 0.05) is 25.4 Å². The maximum absolute atomic E-state index is 13.0. The summed E-state index contributed by atoms with van der Waals surface area (Å²) in [6, 6.07) is 13.7. The Bertz CT molecular complexity index is 928. The quantitative estimate of drug-likeness (QED) is 0.769. The molecule has 4 rings (SSSR count). The Labute approximate surface area is 153 Å². The van der Waals surface area contributed by atoms with E-state index in [1.165, 1.54) is 12.8 Å². The molecule has 1 aliphatic rings. The Balaban J connectivity index is 1.67. The fourth-order valence-corrected chi connectivity index (χ4v) is 3.29. The SMILES string of the molecule is Cc1ccccc1[C@H](NC(=O)c1cc(C2CC2)nn1C)c1ccncc1. The van der Waals surface area contributed by atoms with E-state index < -0.39 is 0 Å². The van der Waals surface area contributed by atoms with Crippen LogP contribution in [-0.4, -0.2) is 20.7 Å². The molecule has 0 saturated heterocycles. The van der Waals surface area contributed by atoms with E-state index in [-0.39, 0.29) is 11.9 Å². The molecule has 3 aromatic rings. The molecule has 0 radical (unpaired) electrons. The Morgan fingerprint density at radius 1 is 1.19 bits per heavy atom. The van der Waals surface area contributed by atoms with Gasteiger partial charge in [-0.15, -0.1) is 0 Å². The van der Waals surface area contributed by atoms with Crippen molar-refractivity contribution in [1.82, 2.24) is 20.1 Å². The number of nitrogens with one attached hydrogen (secondary N) is 1. The molecule has 2 heterocycles. The van der Waals surface area contributed by atoms with Crippen molar-refractivity contribution in [2.45, 2.75) is 31.7 Å². The van der Waals surface area contributed by atoms with E-state index in [4.69, 9.17) is 0 Å². The number of benzene rings is 1. The average molecular weight is 346 g/mol. The van der Waals surface area contributed by atoms with Crippen molar-refractivity contribution in [3.8, 4) is 0 Å². The highest BCUT2D eigenvalue weighted by atomic mass is 16.2. The van der Waals surface area contributed by atoms with Crippen molar-refractivity contribution in [3.05, 3.63) is 82.9 Å². The minimum absolute atomic E-state index is 0.114. The van der Waals surface area contributed by atoms with Gasteiger partial charge in [0.25, 0.3) is 5.91 Å². The maximum Gasteiger partial charge on any atom is 0.270 e. The van der Waals surface area contributed by atoms with Crippen molar-refractivity contribution in [2.24, 2.45) is 7.05 Å². The highest BCUT2D eigenvalue weighted by molar-refractivity contribution is 5.93. The average Bonchev–Trinajstić information content (AvgIpc) is 3.43. The van der Waals surface area contributed by atoms with E-state index in [1.54, 1.807) is 17.1 Å². The predicted octanol–water partition coefficient (Wildman–Crippen LogP) is 3.52. The van der Waals surface area contributed by atoms with Crippen LogP contribution in [0.15, 0.2) is 54.9 Å². The third-order valence-electron chi connectivity index (χ3n) is 4.94. The summed E-state index contributed by atoms with van der Waals surface area (Å²) >= 11 is 0. The molecule has 1 saturated carbocycles. The summed E-state index contributed by atoms with van der Waals surface area (Å²) in [5.74, 6) is 0.409. The lowest BCUT2D eigenvalue weighted by atomic mass is 9.95. The normalized spacial score (nSPS) is 14.8. The van der Waals surface area contributed by atoms with Gasteiger partial charge in [-0.25, -0.2) is 0 Å². The van der Waals surface area contributed by atoms with E-state index in [9.17, 15) is 4.79 Å². The van der Waals surface area contributed by atoms with Crippen molar-refractivity contribution < 1.29 is 4.79 Å². The number of nitrogens with zero attached hydrogens (tertiary/aromatic N) is 3. The number of aryl methyl sites for hydroxylation is 2. The van der Waals surface area contributed by atoms with E-state index >= 15 is 0 Å². The second-order valence-electron chi connectivity index (χ2n) is 6.90. The van der Waals surface area contributed by atoms with Gasteiger partial charge in [0.1, 0.15) is 5.69 Å². The van der Waals surface area contributed by atoms with Crippen molar-refractivity contribution in [3.63, 3.8) is 0 Å². The van der Waals surface area contributed by atoms with Crippen LogP contribution in [0.1, 0.15) is 57.7 Å². The van der Waals surface area contributed by atoms with Crippen LogP contribution >= 0.6 is 0 Å². The fraction of sp³-hybridized carbons (Fsp3) is 0.286. The van der Waals surface area contributed by atoms with Gasteiger partial charge in [-0.05, 0) is 54.7 Å². The Morgan fingerprint density at radius 2 is 1.92 bits per heavy atom. The maximum atomic E-state index is 13.0. The number of carbonyl (C=O) groups excluding carboxylic acids is 1. The van der Waals surface area contributed by atoms with E-state index in [2.05, 4.69) is 34.5 Å². The molecule has 5 nitrogen and oxygen atoms in total. The Morgan fingerprint density at radius 3 is 2.62 bits per heavy atom. The third-order valence-corrected chi connectivity index (χ3v) is 4.94. The number of pyridine rings is 1. The molecule has 0 spiro atoms. The molecule has 1 N–H and O–H groups in total. The summed E-state index contributed by atoms with van der Waals surface area (Å²) in [6.45, 7) is 2.06. The zero-order valence-corrected chi connectivity index (χ0v) is 15.0. The van der Waals surface area contributed by atoms with Crippen LogP contribution in [0.4, 0.5) is 0 Å². The third kappa shape index (κ3) is 3.25. The molecular weight excluding hydrogens is 324 g/mol. The molecular formula is C21H22N4O. The van der Waals surface area contributed by atoms with Gasteiger partial charge in [-0.2, -0.15) is 5.10 Å². The minimum Gasteiger partial charge on any atom is -0.340 e. The van der Waals surface area contributed by atoms with Gasteiger partial charge in [0.2, 0.25) is 0 Å². The first-order valence-corrected chi connectivity index (χ1v) is 8.93. The number of carbonyl (C=O) groups is 1. The van der Waals surface area contributed by atoms with Crippen molar-refractivity contribution in [2.75, 3.05) is 0 Å². The second-order valence-corrected chi connectivity index (χ2v) is 6.90. The van der Waals surface area contributed by atoms with Crippen LogP contribution in [0.5, 0.6) is 0 Å². The smallest absolute Gasteiger partial charge is 0.270 e. The molecule has 1 aromatic carbocycles. The molecule has 0 bridgehead atoms. The summed E-state index contributed by atoms with van der Waals surface area (Å²) in [4.78, 5) is 17.1. The fourth-order valence-electron chi connectivity index (χ4n) is 3.29. The largest absolute Gasteiger partial charge is 0.340 e. The summed E-state index contributed by atoms with van der Waals surface area (Å²) in [5, 5.41) is 7.70. The lowest BCUT2D eigenvalue weighted by Gasteiger charge is -2.21. The summed E-state index contributed by atoms with van der Waals surface area (Å²) in [6.07, 6.45) is 5.84. The number of amides is 1. The van der Waals surface area contributed by atoms with Crippen LogP contribution in [0.25, 0.3) is 0 Å². The minimum atomic E-state index is -0.231. The number of aromatic nitrogens is 3. The van der Waals surface area contributed by atoms with Gasteiger partial charge >= 0.3 is 0 Å². The van der Waals surface area contributed by atoms with E-state index in [0.717, 1.165) is 22.4 Å². The highest BCUT2D eigenvalue weighted by Crippen LogP contribution is 2.39. The van der Waals surface area contributed by atoms with E-state index in [1.807, 2.05) is 37.4 Å². The van der Waals surface area contributed by atoms with Gasteiger partial charge in [-0.1, -0.05) is 24.3 Å². The molecule has 1 atom stereocenters. The molecule has 1 aliphatic carbocycles. The number of rotatable bonds is 5. The van der Waals surface area contributed by atoms with Gasteiger partial charge in [0.05, 0.1) is 11.7 Å². The van der Waals surface area contributed by atoms with Gasteiger partial charge < -0.3 is 5.32 Å². The molecule has 5 heteroatoms. The van der Waals surface area contributed by atoms with Crippen molar-refractivity contribution in [1.29, 1.82) is 0 Å². The second kappa shape index (κ2) is 6.75. The standard InChI is InChI=1S/C21H22N4O/c1-14-5-3-4-6-17(14)20(16-9-11-22-12-10-16)23-21(26)19-13-18(15-7-8-15)24-25(19)2/h3-6,9-13,15,20H,7-8H2,1-2H3,(H,23,26)/t20-/m1/s1. The summed E-state index contributed by atoms with van der Waals surface area (Å²) in [7, 11) is 1.83. The van der Waals surface area contributed by atoms with Crippen LogP contribution in [0.2, 0.25) is 0 Å². The molecule has 1 fully saturated rings. The molecule has 0 unspecified atom stereocenters. The molecule has 0 aliphatic heterocycles. The predicted molar refractivity (Wildman–Crippen MR) is 99.9 cm³/mol. The molecule has 2 aromatic heterocycles. The monoisotopic (exact) mass is 346 g/mol. The Kier molecular flexibility index (Phi) is 4.29. The van der Waals surface area contributed by atoms with Crippen LogP contribution in [-0.2, 0) is 7.05 Å². The molecule has 26 heavy (non-hydrogen) atoms. The highest BCUT2D eigenvalue weighted by Gasteiger charge is 2.29. The number of hydrogen-bond acceptors (Lipinski definition) is 3.